The molecule has 1 aromatic heterocycles. The Bertz CT molecular complexity index is 764. The van der Waals surface area contributed by atoms with Crippen LogP contribution >= 0.6 is 0 Å². The van der Waals surface area contributed by atoms with Crippen molar-refractivity contribution in [2.45, 2.75) is 43.9 Å². The van der Waals surface area contributed by atoms with E-state index in [-0.39, 0.29) is 18.2 Å². The van der Waals surface area contributed by atoms with Gasteiger partial charge in [-0.3, -0.25) is 0 Å². The van der Waals surface area contributed by atoms with Crippen LogP contribution in [0.4, 0.5) is 4.79 Å². The SMILES string of the molecule is COc1ccc(-c2cnc(OC3C[C@H]4CC[C@@H](C3)N4C(=O)O)nc2)cc1. The number of benzene rings is 1. The average molecular weight is 355 g/mol. The first-order chi connectivity index (χ1) is 12.6. The van der Waals surface area contributed by atoms with Crippen LogP contribution in [0.15, 0.2) is 36.7 Å². The summed E-state index contributed by atoms with van der Waals surface area (Å²) in [5, 5.41) is 9.32. The highest BCUT2D eigenvalue weighted by Crippen LogP contribution is 2.37. The number of hydrogen-bond acceptors (Lipinski definition) is 5. The second-order valence-electron chi connectivity index (χ2n) is 6.77. The van der Waals surface area contributed by atoms with Crippen LogP contribution in [0.1, 0.15) is 25.7 Å². The zero-order valence-corrected chi connectivity index (χ0v) is 14.5. The van der Waals surface area contributed by atoms with Gasteiger partial charge in [0.05, 0.1) is 7.11 Å². The van der Waals surface area contributed by atoms with Crippen LogP contribution in [0.25, 0.3) is 11.1 Å². The number of nitrogens with zero attached hydrogens (tertiary/aromatic N) is 3. The number of piperidine rings is 1. The van der Waals surface area contributed by atoms with Crippen LogP contribution in [0.2, 0.25) is 0 Å². The zero-order chi connectivity index (χ0) is 18.1. The van der Waals surface area contributed by atoms with Gasteiger partial charge in [0.15, 0.2) is 0 Å². The third-order valence-corrected chi connectivity index (χ3v) is 5.23. The van der Waals surface area contributed by atoms with Crippen LogP contribution < -0.4 is 9.47 Å². The van der Waals surface area contributed by atoms with E-state index >= 15 is 0 Å². The largest absolute Gasteiger partial charge is 0.497 e. The van der Waals surface area contributed by atoms with Gasteiger partial charge in [-0.2, -0.15) is 0 Å². The van der Waals surface area contributed by atoms with Gasteiger partial charge in [-0.25, -0.2) is 14.8 Å². The molecule has 26 heavy (non-hydrogen) atoms. The molecule has 3 heterocycles. The first kappa shape index (κ1) is 16.6. The van der Waals surface area contributed by atoms with Gasteiger partial charge in [-0.05, 0) is 30.5 Å². The molecule has 7 nitrogen and oxygen atoms in total. The lowest BCUT2D eigenvalue weighted by molar-refractivity contribution is 0.0455. The number of aromatic nitrogens is 2. The number of fused-ring (bicyclic) bond motifs is 2. The molecule has 2 aromatic rings. The molecule has 2 saturated heterocycles. The van der Waals surface area contributed by atoms with E-state index in [1.54, 1.807) is 24.4 Å². The van der Waals surface area contributed by atoms with E-state index in [9.17, 15) is 9.90 Å². The molecule has 1 aromatic carbocycles. The van der Waals surface area contributed by atoms with Crippen molar-refractivity contribution in [1.29, 1.82) is 0 Å². The number of carbonyl (C=O) groups is 1. The lowest BCUT2D eigenvalue weighted by Crippen LogP contribution is -2.48. The molecule has 0 aliphatic carbocycles. The second kappa shape index (κ2) is 6.82. The Hall–Kier alpha value is -2.83. The number of hydrogen-bond donors (Lipinski definition) is 1. The van der Waals surface area contributed by atoms with E-state index in [1.165, 1.54) is 0 Å². The lowest BCUT2D eigenvalue weighted by Gasteiger charge is -2.36. The Morgan fingerprint density at radius 1 is 1.08 bits per heavy atom. The third kappa shape index (κ3) is 3.16. The predicted octanol–water partition coefficient (Wildman–Crippen LogP) is 3.20. The normalized spacial score (nSPS) is 24.3. The fourth-order valence-corrected chi connectivity index (χ4v) is 3.99. The Kier molecular flexibility index (Phi) is 4.36. The summed E-state index contributed by atoms with van der Waals surface area (Å²) < 4.78 is 11.1. The Labute approximate surface area is 151 Å². The second-order valence-corrected chi connectivity index (χ2v) is 6.77. The minimum atomic E-state index is -0.823. The Morgan fingerprint density at radius 3 is 2.23 bits per heavy atom. The lowest BCUT2D eigenvalue weighted by atomic mass is 10.0. The van der Waals surface area contributed by atoms with Crippen LogP contribution in [-0.2, 0) is 0 Å². The predicted molar refractivity (Wildman–Crippen MR) is 94.3 cm³/mol. The summed E-state index contributed by atoms with van der Waals surface area (Å²) in [5.41, 5.74) is 1.91. The van der Waals surface area contributed by atoms with Crippen molar-refractivity contribution in [3.63, 3.8) is 0 Å². The van der Waals surface area contributed by atoms with E-state index in [0.29, 0.717) is 18.9 Å². The molecule has 0 spiro atoms. The maximum absolute atomic E-state index is 11.3. The van der Waals surface area contributed by atoms with Crippen molar-refractivity contribution in [2.24, 2.45) is 0 Å². The maximum Gasteiger partial charge on any atom is 0.407 e. The summed E-state index contributed by atoms with van der Waals surface area (Å²) >= 11 is 0. The van der Waals surface area contributed by atoms with Gasteiger partial charge < -0.3 is 19.5 Å². The zero-order valence-electron chi connectivity index (χ0n) is 14.5. The number of rotatable bonds is 4. The van der Waals surface area contributed by atoms with E-state index < -0.39 is 6.09 Å². The van der Waals surface area contributed by atoms with Gasteiger partial charge >= 0.3 is 12.1 Å². The monoisotopic (exact) mass is 355 g/mol. The number of carboxylic acid groups (broad SMARTS) is 1. The fraction of sp³-hybridized carbons (Fsp3) is 0.421. The summed E-state index contributed by atoms with van der Waals surface area (Å²) in [6.45, 7) is 0. The number of methoxy groups -OCH3 is 1. The van der Waals surface area contributed by atoms with Crippen molar-refractivity contribution >= 4 is 6.09 Å². The fourth-order valence-electron chi connectivity index (χ4n) is 3.99. The molecule has 3 atom stereocenters. The Balaban J connectivity index is 1.41. The van der Waals surface area contributed by atoms with Crippen LogP contribution in [0, 0.1) is 0 Å². The van der Waals surface area contributed by atoms with E-state index in [2.05, 4.69) is 9.97 Å². The molecular formula is C19H21N3O4. The molecule has 1 unspecified atom stereocenters. The summed E-state index contributed by atoms with van der Waals surface area (Å²) in [6, 6.07) is 8.15. The molecule has 0 radical (unpaired) electrons. The number of ether oxygens (including phenoxy) is 2. The van der Waals surface area contributed by atoms with Gasteiger partial charge in [-0.1, -0.05) is 12.1 Å². The van der Waals surface area contributed by atoms with E-state index in [0.717, 1.165) is 29.7 Å². The smallest absolute Gasteiger partial charge is 0.407 e. The van der Waals surface area contributed by atoms with Gasteiger partial charge in [0, 0.05) is 42.9 Å². The van der Waals surface area contributed by atoms with Gasteiger partial charge in [-0.15, -0.1) is 0 Å². The molecule has 2 aliphatic heterocycles. The molecule has 7 heteroatoms. The quantitative estimate of drug-likeness (QED) is 0.906. The van der Waals surface area contributed by atoms with Crippen LogP contribution in [0.3, 0.4) is 0 Å². The van der Waals surface area contributed by atoms with E-state index in [1.807, 2.05) is 24.3 Å². The van der Waals surface area contributed by atoms with Crippen molar-refractivity contribution in [3.05, 3.63) is 36.7 Å². The van der Waals surface area contributed by atoms with Crippen molar-refractivity contribution in [3.8, 4) is 22.9 Å². The first-order valence-electron chi connectivity index (χ1n) is 8.78. The summed E-state index contributed by atoms with van der Waals surface area (Å²) in [7, 11) is 1.64. The molecule has 4 rings (SSSR count). The maximum atomic E-state index is 11.3. The van der Waals surface area contributed by atoms with Crippen molar-refractivity contribution < 1.29 is 19.4 Å². The minimum Gasteiger partial charge on any atom is -0.497 e. The summed E-state index contributed by atoms with van der Waals surface area (Å²) in [6.07, 6.45) is 5.85. The van der Waals surface area contributed by atoms with Crippen molar-refractivity contribution in [2.75, 3.05) is 7.11 Å². The third-order valence-electron chi connectivity index (χ3n) is 5.23. The molecule has 2 aliphatic rings. The molecule has 1 N–H and O–H groups in total. The Morgan fingerprint density at radius 2 is 1.69 bits per heavy atom. The highest BCUT2D eigenvalue weighted by atomic mass is 16.5. The molecular weight excluding hydrogens is 334 g/mol. The molecule has 1 amide bonds. The van der Waals surface area contributed by atoms with Crippen molar-refractivity contribution in [1.82, 2.24) is 14.9 Å². The van der Waals surface area contributed by atoms with E-state index in [4.69, 9.17) is 9.47 Å². The summed E-state index contributed by atoms with van der Waals surface area (Å²) in [5.74, 6) is 0.803. The molecule has 0 saturated carbocycles. The standard InChI is InChI=1S/C19H21N3O4/c1-25-16-6-2-12(3-7-16)13-10-20-18(21-11-13)26-17-8-14-4-5-15(9-17)22(14)19(23)24/h2-3,6-7,10-11,14-15,17H,4-5,8-9H2,1H3,(H,23,24)/t14-,15+,17?. The first-order valence-corrected chi connectivity index (χ1v) is 8.78. The highest BCUT2D eigenvalue weighted by Gasteiger charge is 2.44. The van der Waals surface area contributed by atoms with Gasteiger partial charge in [0.2, 0.25) is 0 Å². The molecule has 2 bridgehead atoms. The highest BCUT2D eigenvalue weighted by molar-refractivity contribution is 5.66. The van der Waals surface area contributed by atoms with Gasteiger partial charge in [0.1, 0.15) is 11.9 Å². The van der Waals surface area contributed by atoms with Gasteiger partial charge in [0.25, 0.3) is 0 Å². The molecule has 2 fully saturated rings. The van der Waals surface area contributed by atoms with Crippen LogP contribution in [-0.4, -0.2) is 51.4 Å². The molecule has 136 valence electrons. The van der Waals surface area contributed by atoms with Crippen LogP contribution in [0.5, 0.6) is 11.8 Å². The number of amides is 1. The topological polar surface area (TPSA) is 84.8 Å². The minimum absolute atomic E-state index is 0.0325. The average Bonchev–Trinajstić information content (AvgIpc) is 2.94. The summed E-state index contributed by atoms with van der Waals surface area (Å²) in [4.78, 5) is 21.6.